The molecule has 7 nitrogen and oxygen atoms in total. The Morgan fingerprint density at radius 3 is 2.55 bits per heavy atom. The fourth-order valence-electron chi connectivity index (χ4n) is 3.95. The van der Waals surface area contributed by atoms with Gasteiger partial charge in [0.2, 0.25) is 4.96 Å². The van der Waals surface area contributed by atoms with E-state index >= 15 is 0 Å². The first-order valence-corrected chi connectivity index (χ1v) is 11.9. The van der Waals surface area contributed by atoms with Gasteiger partial charge in [-0.1, -0.05) is 52.8 Å². The molecule has 168 valence electrons. The maximum Gasteiger partial charge on any atom is 0.275 e. The Hall–Kier alpha value is -3.07. The van der Waals surface area contributed by atoms with Crippen molar-refractivity contribution in [2.75, 3.05) is 26.2 Å². The average Bonchev–Trinajstić information content (AvgIpc) is 3.24. The van der Waals surface area contributed by atoms with E-state index in [-0.39, 0.29) is 11.5 Å². The molecule has 9 heteroatoms. The van der Waals surface area contributed by atoms with E-state index in [1.54, 1.807) is 18.2 Å². The van der Waals surface area contributed by atoms with Crippen LogP contribution in [0.2, 0.25) is 5.02 Å². The quantitative estimate of drug-likeness (QED) is 0.446. The third-order valence-electron chi connectivity index (χ3n) is 5.70. The zero-order chi connectivity index (χ0) is 22.9. The van der Waals surface area contributed by atoms with Gasteiger partial charge >= 0.3 is 0 Å². The predicted octanol–water partition coefficient (Wildman–Crippen LogP) is 3.74. The van der Waals surface area contributed by atoms with Crippen LogP contribution in [0.4, 0.5) is 0 Å². The van der Waals surface area contributed by atoms with Crippen LogP contribution in [0.15, 0.2) is 59.4 Å². The molecule has 2 aromatic heterocycles. The Morgan fingerprint density at radius 2 is 1.82 bits per heavy atom. The normalized spacial score (nSPS) is 14.7. The van der Waals surface area contributed by atoms with Gasteiger partial charge in [-0.3, -0.25) is 14.5 Å². The summed E-state index contributed by atoms with van der Waals surface area (Å²) in [6, 6.07) is 16.6. The monoisotopic (exact) mass is 479 g/mol. The molecule has 0 saturated carbocycles. The van der Waals surface area contributed by atoms with Crippen LogP contribution >= 0.6 is 22.9 Å². The molecule has 33 heavy (non-hydrogen) atoms. The summed E-state index contributed by atoms with van der Waals surface area (Å²) >= 11 is 7.35. The third-order valence-corrected chi connectivity index (χ3v) is 6.91. The lowest BCUT2D eigenvalue weighted by atomic mass is 10.1. The van der Waals surface area contributed by atoms with Crippen molar-refractivity contribution in [1.29, 1.82) is 0 Å². The van der Waals surface area contributed by atoms with Crippen molar-refractivity contribution < 1.29 is 4.79 Å². The van der Waals surface area contributed by atoms with Crippen LogP contribution in [0, 0.1) is 6.92 Å². The van der Waals surface area contributed by atoms with Crippen LogP contribution < -0.4 is 5.56 Å². The first-order valence-electron chi connectivity index (χ1n) is 10.7. The summed E-state index contributed by atoms with van der Waals surface area (Å²) < 4.78 is 1.34. The molecule has 1 fully saturated rings. The van der Waals surface area contributed by atoms with Crippen molar-refractivity contribution in [2.45, 2.75) is 13.5 Å². The molecule has 2 aromatic carbocycles. The molecule has 1 aliphatic heterocycles. The number of fused-ring (bicyclic) bond motifs is 1. The Kier molecular flexibility index (Phi) is 5.97. The zero-order valence-corrected chi connectivity index (χ0v) is 19.6. The lowest BCUT2D eigenvalue weighted by molar-refractivity contribution is 0.0627. The largest absolute Gasteiger partial charge is 0.336 e. The Bertz CT molecular complexity index is 1370. The molecule has 0 unspecified atom stereocenters. The average molecular weight is 480 g/mol. The zero-order valence-electron chi connectivity index (χ0n) is 18.1. The van der Waals surface area contributed by atoms with E-state index in [2.05, 4.69) is 15.0 Å². The summed E-state index contributed by atoms with van der Waals surface area (Å²) in [5.74, 6) is 0.0653. The number of rotatable bonds is 4. The summed E-state index contributed by atoms with van der Waals surface area (Å²) in [6.07, 6.45) is 0. The summed E-state index contributed by atoms with van der Waals surface area (Å²) in [7, 11) is 0. The van der Waals surface area contributed by atoms with E-state index in [1.165, 1.54) is 15.9 Å². The van der Waals surface area contributed by atoms with Crippen LogP contribution in [0.5, 0.6) is 0 Å². The predicted molar refractivity (Wildman–Crippen MR) is 130 cm³/mol. The van der Waals surface area contributed by atoms with Crippen molar-refractivity contribution in [3.05, 3.63) is 86.8 Å². The van der Waals surface area contributed by atoms with Crippen molar-refractivity contribution in [1.82, 2.24) is 24.4 Å². The molecule has 0 N–H and O–H groups in total. The highest BCUT2D eigenvalue weighted by Crippen LogP contribution is 2.25. The lowest BCUT2D eigenvalue weighted by Gasteiger charge is -2.34. The van der Waals surface area contributed by atoms with Crippen molar-refractivity contribution in [2.24, 2.45) is 0 Å². The molecule has 1 amide bonds. The molecule has 5 rings (SSSR count). The number of hydrogen-bond donors (Lipinski definition) is 0. The second-order valence-corrected chi connectivity index (χ2v) is 9.52. The van der Waals surface area contributed by atoms with Crippen LogP contribution in [-0.4, -0.2) is 56.5 Å². The molecule has 4 aromatic rings. The van der Waals surface area contributed by atoms with Gasteiger partial charge in [0, 0.05) is 54.9 Å². The van der Waals surface area contributed by atoms with Gasteiger partial charge in [0.15, 0.2) is 0 Å². The smallest absolute Gasteiger partial charge is 0.275 e. The van der Waals surface area contributed by atoms with E-state index < -0.39 is 0 Å². The lowest BCUT2D eigenvalue weighted by Crippen LogP contribution is -2.48. The van der Waals surface area contributed by atoms with Crippen LogP contribution in [-0.2, 0) is 6.54 Å². The summed E-state index contributed by atoms with van der Waals surface area (Å²) in [6.45, 7) is 5.31. The van der Waals surface area contributed by atoms with E-state index in [0.717, 1.165) is 34.8 Å². The van der Waals surface area contributed by atoms with Crippen molar-refractivity contribution >= 4 is 33.8 Å². The number of halogens is 1. The van der Waals surface area contributed by atoms with Gasteiger partial charge in [-0.25, -0.2) is 4.98 Å². The number of piperazine rings is 1. The molecule has 0 atom stereocenters. The molecule has 1 saturated heterocycles. The number of carbonyl (C=O) groups is 1. The standard InChI is InChI=1S/C24H22ClN5O2S/c1-16-3-2-4-18(13-16)23(32)29-11-9-28(10-12-29)15-20-14-21(31)30-24(26-20)33-22(27-30)17-5-7-19(25)8-6-17/h2-8,13-14H,9-12,15H2,1H3. The number of aryl methyl sites for hydroxylation is 1. The number of amides is 1. The molecule has 0 bridgehead atoms. The fourth-order valence-corrected chi connectivity index (χ4v) is 5.00. The molecule has 0 spiro atoms. The van der Waals surface area contributed by atoms with Crippen LogP contribution in [0.3, 0.4) is 0 Å². The van der Waals surface area contributed by atoms with E-state index in [0.29, 0.717) is 35.3 Å². The first-order chi connectivity index (χ1) is 16.0. The van der Waals surface area contributed by atoms with Gasteiger partial charge in [0.1, 0.15) is 5.01 Å². The topological polar surface area (TPSA) is 70.8 Å². The van der Waals surface area contributed by atoms with Crippen molar-refractivity contribution in [3.63, 3.8) is 0 Å². The summed E-state index contributed by atoms with van der Waals surface area (Å²) in [4.78, 5) is 34.8. The van der Waals surface area contributed by atoms with Gasteiger partial charge in [-0.15, -0.1) is 0 Å². The highest BCUT2D eigenvalue weighted by atomic mass is 35.5. The van der Waals surface area contributed by atoms with E-state index in [9.17, 15) is 9.59 Å². The van der Waals surface area contributed by atoms with Gasteiger partial charge in [-0.2, -0.15) is 9.61 Å². The van der Waals surface area contributed by atoms with Crippen LogP contribution in [0.25, 0.3) is 15.5 Å². The minimum Gasteiger partial charge on any atom is -0.336 e. The fraction of sp³-hybridized carbons (Fsp3) is 0.250. The number of nitrogens with zero attached hydrogens (tertiary/aromatic N) is 5. The molecular weight excluding hydrogens is 458 g/mol. The van der Waals surface area contributed by atoms with Gasteiger partial charge in [0.25, 0.3) is 11.5 Å². The highest BCUT2D eigenvalue weighted by Gasteiger charge is 2.23. The minimum atomic E-state index is -0.195. The number of benzene rings is 2. The first kappa shape index (κ1) is 21.8. The Labute approximate surface area is 199 Å². The maximum absolute atomic E-state index is 12.8. The van der Waals surface area contributed by atoms with E-state index in [4.69, 9.17) is 11.6 Å². The third kappa shape index (κ3) is 4.68. The maximum atomic E-state index is 12.8. The van der Waals surface area contributed by atoms with Gasteiger partial charge < -0.3 is 4.90 Å². The molecular formula is C24H22ClN5O2S. The SMILES string of the molecule is Cc1cccc(C(=O)N2CCN(Cc3cc(=O)n4nc(-c5ccc(Cl)cc5)sc4n3)CC2)c1. The minimum absolute atomic E-state index is 0.0653. The Balaban J connectivity index is 1.27. The van der Waals surface area contributed by atoms with Gasteiger partial charge in [-0.05, 0) is 31.2 Å². The summed E-state index contributed by atoms with van der Waals surface area (Å²) in [5.41, 5.74) is 3.22. The Morgan fingerprint density at radius 1 is 1.06 bits per heavy atom. The number of aromatic nitrogens is 3. The molecule has 3 heterocycles. The second kappa shape index (κ2) is 9.05. The molecule has 1 aliphatic rings. The number of hydrogen-bond acceptors (Lipinski definition) is 6. The van der Waals surface area contributed by atoms with Crippen molar-refractivity contribution in [3.8, 4) is 10.6 Å². The van der Waals surface area contributed by atoms with E-state index in [1.807, 2.05) is 48.2 Å². The number of carbonyl (C=O) groups excluding carboxylic acids is 1. The molecule has 0 radical (unpaired) electrons. The van der Waals surface area contributed by atoms with Gasteiger partial charge in [0.05, 0.1) is 5.69 Å². The highest BCUT2D eigenvalue weighted by molar-refractivity contribution is 7.19. The molecule has 0 aliphatic carbocycles. The van der Waals surface area contributed by atoms with Crippen LogP contribution in [0.1, 0.15) is 21.6 Å². The second-order valence-electron chi connectivity index (χ2n) is 8.13. The summed E-state index contributed by atoms with van der Waals surface area (Å²) in [5, 5.41) is 5.79.